The Labute approximate surface area is 223 Å². The summed E-state index contributed by atoms with van der Waals surface area (Å²) in [5, 5.41) is 5.72. The van der Waals surface area contributed by atoms with Crippen molar-refractivity contribution in [3.05, 3.63) is 53.0 Å². The summed E-state index contributed by atoms with van der Waals surface area (Å²) in [7, 11) is 0. The fourth-order valence-electron chi connectivity index (χ4n) is 5.97. The van der Waals surface area contributed by atoms with Crippen LogP contribution in [0.3, 0.4) is 0 Å². The van der Waals surface area contributed by atoms with Gasteiger partial charge in [-0.3, -0.25) is 19.2 Å². The predicted molar refractivity (Wildman–Crippen MR) is 142 cm³/mol. The van der Waals surface area contributed by atoms with Crippen LogP contribution in [-0.4, -0.2) is 58.6 Å². The second-order valence-electron chi connectivity index (χ2n) is 10.1. The summed E-state index contributed by atoms with van der Waals surface area (Å²) in [4.78, 5) is 56.5. The summed E-state index contributed by atoms with van der Waals surface area (Å²) in [5.74, 6) is -0.0548. The first-order chi connectivity index (χ1) is 18.5. The molecule has 196 valence electrons. The SMILES string of the molecule is O=C(COc1ccc2scnc2c1)NCCC(=O)N1C2CCC1[C@@H](C(=O)Nc1ccc3c(c1)C(=O)CC3)C2. The molecule has 3 aliphatic rings. The van der Waals surface area contributed by atoms with E-state index in [-0.39, 0.29) is 61.1 Å². The van der Waals surface area contributed by atoms with Gasteiger partial charge in [0, 0.05) is 48.8 Å². The third-order valence-electron chi connectivity index (χ3n) is 7.79. The van der Waals surface area contributed by atoms with Crippen LogP contribution in [0.2, 0.25) is 0 Å². The van der Waals surface area contributed by atoms with Crippen LogP contribution in [0, 0.1) is 5.92 Å². The van der Waals surface area contributed by atoms with Crippen LogP contribution in [0.25, 0.3) is 10.2 Å². The van der Waals surface area contributed by atoms with Crippen molar-refractivity contribution in [3.63, 3.8) is 0 Å². The molecule has 1 aliphatic carbocycles. The predicted octanol–water partition coefficient (Wildman–Crippen LogP) is 3.33. The van der Waals surface area contributed by atoms with E-state index in [1.54, 1.807) is 23.7 Å². The van der Waals surface area contributed by atoms with E-state index >= 15 is 0 Å². The molecule has 10 heteroatoms. The van der Waals surface area contributed by atoms with Gasteiger partial charge in [-0.1, -0.05) is 6.07 Å². The van der Waals surface area contributed by atoms with Crippen LogP contribution in [0.5, 0.6) is 5.75 Å². The Kier molecular flexibility index (Phi) is 6.57. The van der Waals surface area contributed by atoms with Crippen LogP contribution >= 0.6 is 11.3 Å². The summed E-state index contributed by atoms with van der Waals surface area (Å²) in [6.45, 7) is 0.0669. The smallest absolute Gasteiger partial charge is 0.257 e. The molecule has 3 aromatic rings. The van der Waals surface area contributed by atoms with Gasteiger partial charge in [0.1, 0.15) is 5.75 Å². The highest BCUT2D eigenvalue weighted by atomic mass is 32.1. The first-order valence-corrected chi connectivity index (χ1v) is 13.8. The third kappa shape index (κ3) is 4.76. The minimum atomic E-state index is -0.300. The summed E-state index contributed by atoms with van der Waals surface area (Å²) in [6, 6.07) is 10.9. The number of aromatic nitrogens is 1. The van der Waals surface area contributed by atoms with Crippen molar-refractivity contribution in [2.24, 2.45) is 5.92 Å². The molecule has 38 heavy (non-hydrogen) atoms. The van der Waals surface area contributed by atoms with E-state index in [1.807, 2.05) is 23.1 Å². The van der Waals surface area contributed by atoms with Gasteiger partial charge >= 0.3 is 0 Å². The number of hydrogen-bond donors (Lipinski definition) is 2. The molecule has 2 aromatic carbocycles. The Hall–Kier alpha value is -3.79. The van der Waals surface area contributed by atoms with E-state index in [9.17, 15) is 19.2 Å². The number of thiazole rings is 1. The summed E-state index contributed by atoms with van der Waals surface area (Å²) in [5.41, 5.74) is 4.94. The number of ether oxygens (including phenoxy) is 1. The molecule has 3 atom stereocenters. The monoisotopic (exact) mass is 532 g/mol. The number of aryl methyl sites for hydroxylation is 1. The van der Waals surface area contributed by atoms with E-state index in [4.69, 9.17) is 4.74 Å². The lowest BCUT2D eigenvalue weighted by Gasteiger charge is -2.24. The maximum atomic E-state index is 13.1. The van der Waals surface area contributed by atoms with Crippen molar-refractivity contribution in [2.75, 3.05) is 18.5 Å². The lowest BCUT2D eigenvalue weighted by molar-refractivity contribution is -0.133. The number of rotatable bonds is 8. The largest absolute Gasteiger partial charge is 0.484 e. The van der Waals surface area contributed by atoms with Crippen molar-refractivity contribution < 1.29 is 23.9 Å². The Bertz CT molecular complexity index is 1440. The van der Waals surface area contributed by atoms with Crippen molar-refractivity contribution >= 4 is 50.7 Å². The third-order valence-corrected chi connectivity index (χ3v) is 8.60. The normalized spacial score (nSPS) is 21.5. The van der Waals surface area contributed by atoms with Crippen LogP contribution in [0.4, 0.5) is 5.69 Å². The maximum Gasteiger partial charge on any atom is 0.257 e. The molecular formula is C28H28N4O5S. The lowest BCUT2D eigenvalue weighted by atomic mass is 9.88. The summed E-state index contributed by atoms with van der Waals surface area (Å²) >= 11 is 1.54. The lowest BCUT2D eigenvalue weighted by Crippen LogP contribution is -2.40. The average Bonchev–Trinajstić information content (AvgIpc) is 3.71. The van der Waals surface area contributed by atoms with Gasteiger partial charge in [0.25, 0.3) is 5.91 Å². The molecule has 2 N–H and O–H groups in total. The molecule has 2 bridgehead atoms. The highest BCUT2D eigenvalue weighted by Crippen LogP contribution is 2.42. The quantitative estimate of drug-likeness (QED) is 0.460. The number of anilines is 1. The second-order valence-corrected chi connectivity index (χ2v) is 11.0. The standard InChI is InChI=1S/C28H28N4O5S/c33-24-7-2-16-1-3-17(11-20(16)24)31-28(36)21-12-18-4-6-23(21)32(18)27(35)9-10-29-26(34)14-37-19-5-8-25-22(13-19)30-15-38-25/h1,3,5,8,11,13,15,18,21,23H,2,4,6-7,9-10,12,14H2,(H,29,34)(H,31,36)/t18?,21-,23?/m0/s1. The number of nitrogens with one attached hydrogen (secondary N) is 2. The minimum Gasteiger partial charge on any atom is -0.484 e. The fraction of sp³-hybridized carbons (Fsp3) is 0.393. The van der Waals surface area contributed by atoms with Crippen LogP contribution in [0.1, 0.15) is 48.0 Å². The van der Waals surface area contributed by atoms with Crippen molar-refractivity contribution in [2.45, 2.75) is 50.6 Å². The summed E-state index contributed by atoms with van der Waals surface area (Å²) < 4.78 is 6.61. The Morgan fingerprint density at radius 1 is 1.11 bits per heavy atom. The van der Waals surface area contributed by atoms with Crippen molar-refractivity contribution in [3.8, 4) is 5.75 Å². The van der Waals surface area contributed by atoms with Crippen LogP contribution in [-0.2, 0) is 20.8 Å². The minimum absolute atomic E-state index is 0.0458. The number of nitrogens with zero attached hydrogens (tertiary/aromatic N) is 2. The van der Waals surface area contributed by atoms with E-state index < -0.39 is 0 Å². The molecule has 3 amide bonds. The molecule has 2 unspecified atom stereocenters. The van der Waals surface area contributed by atoms with Crippen molar-refractivity contribution in [1.29, 1.82) is 0 Å². The maximum absolute atomic E-state index is 13.1. The highest BCUT2D eigenvalue weighted by molar-refractivity contribution is 7.16. The fourth-order valence-corrected chi connectivity index (χ4v) is 6.63. The first kappa shape index (κ1) is 24.5. The van der Waals surface area contributed by atoms with Crippen LogP contribution < -0.4 is 15.4 Å². The number of carbonyl (C=O) groups excluding carboxylic acids is 4. The van der Waals surface area contributed by atoms with Gasteiger partial charge in [0.05, 0.1) is 21.6 Å². The zero-order chi connectivity index (χ0) is 26.2. The van der Waals surface area contributed by atoms with Gasteiger partial charge in [0.2, 0.25) is 11.8 Å². The number of carbonyl (C=O) groups is 4. The number of ketones is 1. The van der Waals surface area contributed by atoms with Gasteiger partial charge in [0.15, 0.2) is 12.4 Å². The van der Waals surface area contributed by atoms with E-state index in [0.717, 1.165) is 35.0 Å². The second kappa shape index (κ2) is 10.2. The zero-order valence-electron chi connectivity index (χ0n) is 20.8. The van der Waals surface area contributed by atoms with Crippen LogP contribution in [0.15, 0.2) is 41.9 Å². The molecule has 0 radical (unpaired) electrons. The average molecular weight is 533 g/mol. The molecule has 2 saturated heterocycles. The number of fused-ring (bicyclic) bond motifs is 4. The van der Waals surface area contributed by atoms with E-state index in [2.05, 4.69) is 15.6 Å². The van der Waals surface area contributed by atoms with Gasteiger partial charge in [-0.25, -0.2) is 4.98 Å². The Morgan fingerprint density at radius 2 is 2.00 bits per heavy atom. The molecule has 0 saturated carbocycles. The molecule has 2 fully saturated rings. The highest BCUT2D eigenvalue weighted by Gasteiger charge is 2.50. The molecule has 2 aliphatic heterocycles. The van der Waals surface area contributed by atoms with Gasteiger partial charge in [-0.2, -0.15) is 0 Å². The number of amides is 3. The van der Waals surface area contributed by atoms with Gasteiger partial charge in [-0.05, 0) is 55.5 Å². The number of Topliss-reactive ketones (excluding diaryl/α,β-unsaturated/α-hetero) is 1. The molecule has 0 spiro atoms. The molecule has 6 rings (SSSR count). The molecule has 1 aromatic heterocycles. The Balaban J connectivity index is 0.977. The molecule has 9 nitrogen and oxygen atoms in total. The topological polar surface area (TPSA) is 118 Å². The van der Waals surface area contributed by atoms with E-state index in [0.29, 0.717) is 29.8 Å². The first-order valence-electron chi connectivity index (χ1n) is 13.0. The summed E-state index contributed by atoms with van der Waals surface area (Å²) in [6.07, 6.45) is 3.76. The molecular weight excluding hydrogens is 504 g/mol. The zero-order valence-corrected chi connectivity index (χ0v) is 21.6. The number of benzene rings is 2. The van der Waals surface area contributed by atoms with Gasteiger partial charge in [-0.15, -0.1) is 11.3 Å². The Morgan fingerprint density at radius 3 is 2.89 bits per heavy atom. The van der Waals surface area contributed by atoms with Gasteiger partial charge < -0.3 is 20.3 Å². The molecule has 3 heterocycles. The number of hydrogen-bond acceptors (Lipinski definition) is 7. The van der Waals surface area contributed by atoms with Crippen molar-refractivity contribution in [1.82, 2.24) is 15.2 Å². The van der Waals surface area contributed by atoms with E-state index in [1.165, 1.54) is 11.3 Å².